The van der Waals surface area contributed by atoms with Crippen molar-refractivity contribution in [3.8, 4) is 0 Å². The van der Waals surface area contributed by atoms with Crippen LogP contribution in [0.5, 0.6) is 0 Å². The number of hydrogen-bond donors (Lipinski definition) is 1. The van der Waals surface area contributed by atoms with Gasteiger partial charge in [0.1, 0.15) is 0 Å². The number of nitrogens with one attached hydrogen (secondary N) is 1. The summed E-state index contributed by atoms with van der Waals surface area (Å²) in [7, 11) is 1.89. The summed E-state index contributed by atoms with van der Waals surface area (Å²) in [5.41, 5.74) is 1.25. The van der Waals surface area contributed by atoms with E-state index in [-0.39, 0.29) is 0 Å². The molecule has 0 radical (unpaired) electrons. The van der Waals surface area contributed by atoms with Crippen LogP contribution in [-0.4, -0.2) is 48.3 Å². The van der Waals surface area contributed by atoms with Crippen LogP contribution in [0.3, 0.4) is 0 Å². The Bertz CT molecular complexity index is 742. The van der Waals surface area contributed by atoms with Gasteiger partial charge in [-0.1, -0.05) is 25.1 Å². The largest absolute Gasteiger partial charge is 0.356 e. The van der Waals surface area contributed by atoms with Crippen molar-refractivity contribution in [2.75, 3.05) is 32.4 Å². The third-order valence-electron chi connectivity index (χ3n) is 4.92. The number of aliphatic imine (C=N–C) groups is 1. The van der Waals surface area contributed by atoms with Crippen molar-refractivity contribution in [1.82, 2.24) is 15.2 Å². The van der Waals surface area contributed by atoms with Gasteiger partial charge in [0.25, 0.3) is 0 Å². The first-order valence-corrected chi connectivity index (χ1v) is 11.6. The van der Waals surface area contributed by atoms with E-state index in [9.17, 15) is 0 Å². The Labute approximate surface area is 171 Å². The molecule has 0 saturated carbocycles. The van der Waals surface area contributed by atoms with Crippen LogP contribution in [0, 0.1) is 12.8 Å². The van der Waals surface area contributed by atoms with E-state index in [2.05, 4.69) is 59.4 Å². The fourth-order valence-electron chi connectivity index (χ4n) is 3.43. The Morgan fingerprint density at radius 3 is 2.89 bits per heavy atom. The normalized spacial score (nSPS) is 17.5. The monoisotopic (exact) mass is 402 g/mol. The predicted molar refractivity (Wildman–Crippen MR) is 118 cm³/mol. The van der Waals surface area contributed by atoms with E-state index in [0.29, 0.717) is 0 Å². The van der Waals surface area contributed by atoms with Crippen LogP contribution in [0.25, 0.3) is 0 Å². The van der Waals surface area contributed by atoms with Gasteiger partial charge in [-0.05, 0) is 37.8 Å². The van der Waals surface area contributed by atoms with Crippen LogP contribution in [0.4, 0.5) is 0 Å². The van der Waals surface area contributed by atoms with Gasteiger partial charge in [-0.25, -0.2) is 4.98 Å². The third kappa shape index (κ3) is 5.72. The summed E-state index contributed by atoms with van der Waals surface area (Å²) in [5, 5.41) is 4.76. The summed E-state index contributed by atoms with van der Waals surface area (Å²) >= 11 is 3.79. The molecule has 4 nitrogen and oxygen atoms in total. The first-order chi connectivity index (χ1) is 13.2. The Kier molecular flexibility index (Phi) is 7.59. The Balaban J connectivity index is 1.42. The molecule has 6 heteroatoms. The second-order valence-electron chi connectivity index (χ2n) is 6.91. The van der Waals surface area contributed by atoms with E-state index in [1.807, 2.05) is 30.1 Å². The molecule has 146 valence electrons. The van der Waals surface area contributed by atoms with Crippen molar-refractivity contribution >= 4 is 29.1 Å². The lowest BCUT2D eigenvalue weighted by atomic mass is 10.2. The quantitative estimate of drug-likeness (QED) is 0.427. The fraction of sp³-hybridized carbons (Fsp3) is 0.524. The average molecular weight is 403 g/mol. The van der Waals surface area contributed by atoms with E-state index in [1.54, 1.807) is 0 Å². The molecule has 0 spiro atoms. The zero-order valence-electron chi connectivity index (χ0n) is 16.6. The van der Waals surface area contributed by atoms with Gasteiger partial charge in [-0.15, -0.1) is 23.1 Å². The van der Waals surface area contributed by atoms with Gasteiger partial charge in [0, 0.05) is 48.6 Å². The van der Waals surface area contributed by atoms with Crippen LogP contribution in [-0.2, 0) is 12.8 Å². The molecule has 1 unspecified atom stereocenters. The first-order valence-electron chi connectivity index (χ1n) is 9.78. The number of aromatic nitrogens is 1. The number of hydrogen-bond acceptors (Lipinski definition) is 4. The smallest absolute Gasteiger partial charge is 0.193 e. The molecular weight excluding hydrogens is 372 g/mol. The summed E-state index contributed by atoms with van der Waals surface area (Å²) in [6.45, 7) is 7.42. The van der Waals surface area contributed by atoms with Crippen LogP contribution in [0.15, 0.2) is 40.2 Å². The highest BCUT2D eigenvalue weighted by Gasteiger charge is 2.24. The Morgan fingerprint density at radius 2 is 2.19 bits per heavy atom. The van der Waals surface area contributed by atoms with E-state index in [1.165, 1.54) is 32.6 Å². The minimum Gasteiger partial charge on any atom is -0.356 e. The minimum atomic E-state index is 0.725. The van der Waals surface area contributed by atoms with Gasteiger partial charge >= 0.3 is 0 Å². The van der Waals surface area contributed by atoms with Gasteiger partial charge in [0.2, 0.25) is 0 Å². The van der Waals surface area contributed by atoms with E-state index in [4.69, 9.17) is 4.98 Å². The molecule has 0 bridgehead atoms. The second kappa shape index (κ2) is 10.1. The Hall–Kier alpha value is -1.53. The predicted octanol–water partition coefficient (Wildman–Crippen LogP) is 4.25. The zero-order chi connectivity index (χ0) is 19.1. The topological polar surface area (TPSA) is 40.5 Å². The molecule has 1 aromatic heterocycles. The lowest BCUT2D eigenvalue weighted by Gasteiger charge is -2.21. The van der Waals surface area contributed by atoms with Crippen molar-refractivity contribution in [3.63, 3.8) is 0 Å². The van der Waals surface area contributed by atoms with Gasteiger partial charge in [0.05, 0.1) is 10.7 Å². The van der Waals surface area contributed by atoms with Crippen LogP contribution < -0.4 is 5.32 Å². The molecule has 2 aromatic rings. The number of rotatable bonds is 7. The SMILES string of the molecule is CCc1nc(CCNC(=NC)N2CCC(CSc3ccccc3)C2)sc1C. The van der Waals surface area contributed by atoms with Crippen molar-refractivity contribution in [3.05, 3.63) is 45.9 Å². The number of likely N-dealkylation sites (tertiary alicyclic amines) is 1. The summed E-state index contributed by atoms with van der Waals surface area (Å²) in [4.78, 5) is 14.4. The molecule has 1 aliphatic heterocycles. The van der Waals surface area contributed by atoms with Crippen LogP contribution in [0.1, 0.15) is 28.9 Å². The van der Waals surface area contributed by atoms with Gasteiger partial charge < -0.3 is 10.2 Å². The van der Waals surface area contributed by atoms with Crippen molar-refractivity contribution < 1.29 is 0 Å². The number of nitrogens with zero attached hydrogens (tertiary/aromatic N) is 3. The molecule has 1 saturated heterocycles. The van der Waals surface area contributed by atoms with Gasteiger partial charge in [0.15, 0.2) is 5.96 Å². The minimum absolute atomic E-state index is 0.725. The van der Waals surface area contributed by atoms with Gasteiger partial charge in [-0.2, -0.15) is 0 Å². The molecule has 1 atom stereocenters. The summed E-state index contributed by atoms with van der Waals surface area (Å²) in [6.07, 6.45) is 3.23. The van der Waals surface area contributed by atoms with Crippen LogP contribution in [0.2, 0.25) is 0 Å². The van der Waals surface area contributed by atoms with Crippen molar-refractivity contribution in [2.45, 2.75) is 38.0 Å². The summed E-state index contributed by atoms with van der Waals surface area (Å²) in [5.74, 6) is 2.93. The molecule has 0 aliphatic carbocycles. The molecule has 27 heavy (non-hydrogen) atoms. The Morgan fingerprint density at radius 1 is 1.37 bits per heavy atom. The van der Waals surface area contributed by atoms with Crippen molar-refractivity contribution in [1.29, 1.82) is 0 Å². The summed E-state index contributed by atoms with van der Waals surface area (Å²) in [6, 6.07) is 10.7. The standard InChI is InChI=1S/C21H30N4S2/c1-4-19-16(2)27-20(24-19)10-12-23-21(22-3)25-13-11-17(14-25)15-26-18-8-6-5-7-9-18/h5-9,17H,4,10-15H2,1-3H3,(H,22,23). The summed E-state index contributed by atoms with van der Waals surface area (Å²) < 4.78 is 0. The maximum absolute atomic E-state index is 4.74. The second-order valence-corrected chi connectivity index (χ2v) is 9.29. The third-order valence-corrected chi connectivity index (χ3v) is 7.24. The molecule has 2 heterocycles. The lowest BCUT2D eigenvalue weighted by molar-refractivity contribution is 0.475. The molecule has 1 fully saturated rings. The maximum atomic E-state index is 4.74. The van der Waals surface area contributed by atoms with E-state index < -0.39 is 0 Å². The highest BCUT2D eigenvalue weighted by atomic mass is 32.2. The molecule has 1 N–H and O–H groups in total. The highest BCUT2D eigenvalue weighted by molar-refractivity contribution is 7.99. The first kappa shape index (κ1) is 20.2. The number of aryl methyl sites for hydroxylation is 2. The molecule has 3 rings (SSSR count). The van der Waals surface area contributed by atoms with E-state index >= 15 is 0 Å². The lowest BCUT2D eigenvalue weighted by Crippen LogP contribution is -2.41. The number of guanidine groups is 1. The van der Waals surface area contributed by atoms with E-state index in [0.717, 1.165) is 44.4 Å². The molecule has 1 aliphatic rings. The van der Waals surface area contributed by atoms with Gasteiger partial charge in [-0.3, -0.25) is 4.99 Å². The highest BCUT2D eigenvalue weighted by Crippen LogP contribution is 2.26. The molecular formula is C21H30N4S2. The number of benzene rings is 1. The maximum Gasteiger partial charge on any atom is 0.193 e. The number of thioether (sulfide) groups is 1. The average Bonchev–Trinajstić information content (AvgIpc) is 3.30. The van der Waals surface area contributed by atoms with Crippen LogP contribution >= 0.6 is 23.1 Å². The zero-order valence-corrected chi connectivity index (χ0v) is 18.2. The fourth-order valence-corrected chi connectivity index (χ4v) is 5.50. The molecule has 1 aromatic carbocycles. The number of thiazole rings is 1. The molecule has 0 amide bonds. The van der Waals surface area contributed by atoms with Crippen molar-refractivity contribution in [2.24, 2.45) is 10.9 Å².